The van der Waals surface area contributed by atoms with E-state index in [4.69, 9.17) is 10.5 Å². The summed E-state index contributed by atoms with van der Waals surface area (Å²) >= 11 is 1.45. The first kappa shape index (κ1) is 18.8. The van der Waals surface area contributed by atoms with Crippen molar-refractivity contribution >= 4 is 29.3 Å². The van der Waals surface area contributed by atoms with E-state index in [1.54, 1.807) is 24.3 Å². The Balaban J connectivity index is 0.00000242. The van der Waals surface area contributed by atoms with Crippen LogP contribution in [0.15, 0.2) is 24.3 Å². The Hall–Kier alpha value is -1.24. The molecule has 0 saturated carbocycles. The standard InChI is InChI=1S/C15H20N2O3S.ClH/c1-2-8-20-12-5-3-11(4-6-12)17-14(18)10-13(15(17)19)21-9-7-16;/h3-6,13H,2,7-10,16H2,1H3;1H/p-1. The average molecular weight is 344 g/mol. The Morgan fingerprint density at radius 3 is 2.59 bits per heavy atom. The second-order valence-corrected chi connectivity index (χ2v) is 6.07. The number of anilines is 1. The van der Waals surface area contributed by atoms with Crippen LogP contribution in [-0.4, -0.2) is 36.0 Å². The third-order valence-electron chi connectivity index (χ3n) is 3.11. The predicted molar refractivity (Wildman–Crippen MR) is 84.6 cm³/mol. The fourth-order valence-corrected chi connectivity index (χ4v) is 3.06. The van der Waals surface area contributed by atoms with Gasteiger partial charge in [-0.2, -0.15) is 0 Å². The van der Waals surface area contributed by atoms with E-state index in [0.29, 0.717) is 24.6 Å². The molecule has 0 aromatic heterocycles. The molecule has 1 unspecified atom stereocenters. The summed E-state index contributed by atoms with van der Waals surface area (Å²) in [6.45, 7) is 3.19. The van der Waals surface area contributed by atoms with Crippen LogP contribution in [0.25, 0.3) is 0 Å². The van der Waals surface area contributed by atoms with E-state index in [1.807, 2.05) is 6.92 Å². The minimum Gasteiger partial charge on any atom is -1.00 e. The molecule has 2 rings (SSSR count). The number of rotatable bonds is 7. The zero-order valence-corrected chi connectivity index (χ0v) is 14.0. The number of nitrogens with zero attached hydrogens (tertiary/aromatic N) is 1. The molecule has 122 valence electrons. The average Bonchev–Trinajstić information content (AvgIpc) is 2.78. The van der Waals surface area contributed by atoms with Gasteiger partial charge in [-0.05, 0) is 30.7 Å². The van der Waals surface area contributed by atoms with Crippen molar-refractivity contribution in [2.45, 2.75) is 25.0 Å². The van der Waals surface area contributed by atoms with Crippen molar-refractivity contribution in [3.8, 4) is 5.75 Å². The van der Waals surface area contributed by atoms with Gasteiger partial charge in [0, 0.05) is 18.7 Å². The van der Waals surface area contributed by atoms with Gasteiger partial charge in [0.15, 0.2) is 0 Å². The minimum absolute atomic E-state index is 0. The van der Waals surface area contributed by atoms with E-state index in [-0.39, 0.29) is 35.9 Å². The molecule has 0 spiro atoms. The quantitative estimate of drug-likeness (QED) is 0.630. The Morgan fingerprint density at radius 2 is 2.00 bits per heavy atom. The summed E-state index contributed by atoms with van der Waals surface area (Å²) in [6.07, 6.45) is 1.18. The molecule has 1 saturated heterocycles. The smallest absolute Gasteiger partial charge is 0.247 e. The number of ether oxygens (including phenoxy) is 1. The van der Waals surface area contributed by atoms with Crippen molar-refractivity contribution in [1.29, 1.82) is 0 Å². The number of benzene rings is 1. The largest absolute Gasteiger partial charge is 1.00 e. The maximum Gasteiger partial charge on any atom is 0.247 e. The number of halogens is 1. The molecule has 1 fully saturated rings. The first-order chi connectivity index (χ1) is 10.2. The first-order valence-corrected chi connectivity index (χ1v) is 8.13. The van der Waals surface area contributed by atoms with E-state index in [0.717, 1.165) is 12.2 Å². The van der Waals surface area contributed by atoms with Gasteiger partial charge >= 0.3 is 0 Å². The number of hydrogen-bond acceptors (Lipinski definition) is 5. The molecule has 7 heteroatoms. The fraction of sp³-hybridized carbons (Fsp3) is 0.467. The van der Waals surface area contributed by atoms with E-state index in [2.05, 4.69) is 0 Å². The molecule has 2 amide bonds. The SMILES string of the molecule is CCCOc1ccc(N2C(=O)CC(SCCN)C2=O)cc1.[Cl-]. The van der Waals surface area contributed by atoms with Gasteiger partial charge in [-0.25, -0.2) is 4.90 Å². The van der Waals surface area contributed by atoms with Gasteiger partial charge in [-0.3, -0.25) is 9.59 Å². The predicted octanol–water partition coefficient (Wildman–Crippen LogP) is -1.20. The summed E-state index contributed by atoms with van der Waals surface area (Å²) in [6, 6.07) is 7.06. The molecule has 5 nitrogen and oxygen atoms in total. The molecule has 22 heavy (non-hydrogen) atoms. The van der Waals surface area contributed by atoms with Crippen LogP contribution in [0.5, 0.6) is 5.75 Å². The summed E-state index contributed by atoms with van der Waals surface area (Å²) in [7, 11) is 0. The monoisotopic (exact) mass is 343 g/mol. The maximum absolute atomic E-state index is 12.3. The summed E-state index contributed by atoms with van der Waals surface area (Å²) < 4.78 is 5.49. The minimum atomic E-state index is -0.308. The van der Waals surface area contributed by atoms with Crippen molar-refractivity contribution in [1.82, 2.24) is 0 Å². The molecule has 1 atom stereocenters. The van der Waals surface area contributed by atoms with Gasteiger partial charge in [0.1, 0.15) is 5.75 Å². The lowest BCUT2D eigenvalue weighted by Crippen LogP contribution is -3.00. The van der Waals surface area contributed by atoms with Crippen molar-refractivity contribution in [3.63, 3.8) is 0 Å². The lowest BCUT2D eigenvalue weighted by atomic mass is 10.3. The highest BCUT2D eigenvalue weighted by Crippen LogP contribution is 2.30. The van der Waals surface area contributed by atoms with Crippen LogP contribution in [0, 0.1) is 0 Å². The molecule has 1 aliphatic heterocycles. The molecular weight excluding hydrogens is 324 g/mol. The van der Waals surface area contributed by atoms with Crippen LogP contribution in [0.3, 0.4) is 0 Å². The number of carbonyl (C=O) groups excluding carboxylic acids is 2. The van der Waals surface area contributed by atoms with Gasteiger partial charge in [-0.1, -0.05) is 6.92 Å². The highest BCUT2D eigenvalue weighted by molar-refractivity contribution is 8.00. The Bertz CT molecular complexity index is 510. The molecule has 0 bridgehead atoms. The Morgan fingerprint density at radius 1 is 1.32 bits per heavy atom. The molecule has 1 heterocycles. The lowest BCUT2D eigenvalue weighted by Gasteiger charge is -2.15. The molecule has 1 aromatic rings. The van der Waals surface area contributed by atoms with Crippen molar-refractivity contribution in [2.24, 2.45) is 5.73 Å². The van der Waals surface area contributed by atoms with E-state index in [9.17, 15) is 9.59 Å². The molecule has 2 N–H and O–H groups in total. The van der Waals surface area contributed by atoms with Crippen LogP contribution >= 0.6 is 11.8 Å². The maximum atomic E-state index is 12.3. The molecule has 0 radical (unpaired) electrons. The Labute approximate surface area is 141 Å². The normalized spacial score (nSPS) is 17.5. The van der Waals surface area contributed by atoms with Crippen molar-refractivity contribution in [2.75, 3.05) is 23.8 Å². The number of hydrogen-bond donors (Lipinski definition) is 1. The van der Waals surface area contributed by atoms with Gasteiger partial charge in [0.2, 0.25) is 11.8 Å². The number of carbonyl (C=O) groups is 2. The molecule has 1 aliphatic rings. The zero-order chi connectivity index (χ0) is 15.2. The molecular formula is C15H20ClN2O3S-. The molecule has 0 aliphatic carbocycles. The summed E-state index contributed by atoms with van der Waals surface area (Å²) in [5.41, 5.74) is 6.05. The van der Waals surface area contributed by atoms with Crippen LogP contribution in [0.2, 0.25) is 0 Å². The van der Waals surface area contributed by atoms with Crippen LogP contribution in [-0.2, 0) is 9.59 Å². The molecule has 1 aromatic carbocycles. The third kappa shape index (κ3) is 4.38. The van der Waals surface area contributed by atoms with Gasteiger partial charge < -0.3 is 22.9 Å². The number of imide groups is 1. The van der Waals surface area contributed by atoms with Crippen LogP contribution in [0.1, 0.15) is 19.8 Å². The highest BCUT2D eigenvalue weighted by Gasteiger charge is 2.39. The third-order valence-corrected chi connectivity index (χ3v) is 4.35. The zero-order valence-electron chi connectivity index (χ0n) is 12.5. The van der Waals surface area contributed by atoms with Gasteiger partial charge in [0.05, 0.1) is 17.5 Å². The topological polar surface area (TPSA) is 72.6 Å². The van der Waals surface area contributed by atoms with E-state index >= 15 is 0 Å². The second kappa shape index (κ2) is 9.02. The number of nitrogens with two attached hydrogens (primary N) is 1. The number of thioether (sulfide) groups is 1. The first-order valence-electron chi connectivity index (χ1n) is 7.08. The number of amides is 2. The van der Waals surface area contributed by atoms with Crippen molar-refractivity contribution < 1.29 is 26.7 Å². The lowest BCUT2D eigenvalue weighted by molar-refractivity contribution is -0.121. The van der Waals surface area contributed by atoms with Gasteiger partial charge in [-0.15, -0.1) is 11.8 Å². The summed E-state index contributed by atoms with van der Waals surface area (Å²) in [5, 5.41) is -0.308. The van der Waals surface area contributed by atoms with E-state index in [1.165, 1.54) is 16.7 Å². The Kier molecular flexibility index (Phi) is 7.72. The fourth-order valence-electron chi connectivity index (χ4n) is 2.13. The van der Waals surface area contributed by atoms with Crippen LogP contribution < -0.4 is 27.8 Å². The second-order valence-electron chi connectivity index (χ2n) is 4.76. The van der Waals surface area contributed by atoms with Gasteiger partial charge in [0.25, 0.3) is 0 Å². The van der Waals surface area contributed by atoms with E-state index < -0.39 is 0 Å². The summed E-state index contributed by atoms with van der Waals surface area (Å²) in [4.78, 5) is 25.6. The summed E-state index contributed by atoms with van der Waals surface area (Å²) in [5.74, 6) is 1.12. The van der Waals surface area contributed by atoms with Crippen molar-refractivity contribution in [3.05, 3.63) is 24.3 Å². The van der Waals surface area contributed by atoms with Crippen LogP contribution in [0.4, 0.5) is 5.69 Å². The highest BCUT2D eigenvalue weighted by atomic mass is 35.5.